The Kier molecular flexibility index (Phi) is 8.01. The van der Waals surface area contributed by atoms with Crippen LogP contribution in [0.3, 0.4) is 0 Å². The maximum absolute atomic E-state index is 12.9. The monoisotopic (exact) mass is 405 g/mol. The van der Waals surface area contributed by atoms with Gasteiger partial charge in [-0.1, -0.05) is 62.3 Å². The molecular weight excluding hydrogens is 374 g/mol. The highest BCUT2D eigenvalue weighted by atomic mass is 35.5. The van der Waals surface area contributed by atoms with Gasteiger partial charge in [-0.3, -0.25) is 5.43 Å². The molecule has 154 valence electrons. The smallest absolute Gasteiger partial charge is 0.376 e. The Bertz CT molecular complexity index is 650. The van der Waals surface area contributed by atoms with Gasteiger partial charge in [-0.15, -0.1) is 5.10 Å². The normalized spacial score (nSPS) is 19.3. The first-order valence-electron chi connectivity index (χ1n) is 10.7. The molecule has 0 amide bonds. The number of carbonyl (C=O) groups excluding carboxylic acids is 1. The van der Waals surface area contributed by atoms with Gasteiger partial charge in [-0.05, 0) is 44.7 Å². The van der Waals surface area contributed by atoms with Crippen molar-refractivity contribution in [2.45, 2.75) is 83.2 Å². The number of para-hydroxylation sites is 1. The molecule has 0 saturated heterocycles. The summed E-state index contributed by atoms with van der Waals surface area (Å²) in [5.41, 5.74) is 3.72. The number of benzene rings is 1. The van der Waals surface area contributed by atoms with Gasteiger partial charge in [0.2, 0.25) is 5.84 Å². The van der Waals surface area contributed by atoms with Crippen LogP contribution in [-0.2, 0) is 9.53 Å². The van der Waals surface area contributed by atoms with Crippen molar-refractivity contribution in [3.05, 3.63) is 29.3 Å². The lowest BCUT2D eigenvalue weighted by atomic mass is 9.88. The van der Waals surface area contributed by atoms with Crippen LogP contribution in [0, 0.1) is 0 Å². The second kappa shape index (κ2) is 10.7. The zero-order valence-corrected chi connectivity index (χ0v) is 17.6. The minimum atomic E-state index is -0.349. The van der Waals surface area contributed by atoms with E-state index in [9.17, 15) is 4.79 Å². The Labute approximate surface area is 173 Å². The first kappa shape index (κ1) is 21.0. The lowest BCUT2D eigenvalue weighted by Gasteiger charge is -2.42. The SMILES string of the molecule is CCOC(=O)C(=NNc1ccccc1Cl)N(C1CCCCC1)C1CCCCC1. The van der Waals surface area contributed by atoms with E-state index >= 15 is 0 Å². The second-order valence-electron chi connectivity index (χ2n) is 7.74. The molecule has 28 heavy (non-hydrogen) atoms. The number of rotatable bonds is 5. The Balaban J connectivity index is 1.91. The summed E-state index contributed by atoms with van der Waals surface area (Å²) in [4.78, 5) is 15.2. The van der Waals surface area contributed by atoms with Gasteiger partial charge in [0, 0.05) is 12.1 Å². The molecule has 1 aromatic carbocycles. The van der Waals surface area contributed by atoms with E-state index in [0.717, 1.165) is 25.7 Å². The molecule has 0 heterocycles. The Morgan fingerprint density at radius 3 is 2.18 bits per heavy atom. The molecule has 0 aliphatic heterocycles. The number of esters is 1. The van der Waals surface area contributed by atoms with Crippen molar-refractivity contribution in [1.82, 2.24) is 4.90 Å². The first-order valence-corrected chi connectivity index (χ1v) is 11.1. The predicted octanol–water partition coefficient (Wildman–Crippen LogP) is 5.60. The number of carbonyl (C=O) groups is 1. The van der Waals surface area contributed by atoms with Crippen LogP contribution in [0.5, 0.6) is 0 Å². The Morgan fingerprint density at radius 1 is 1.07 bits per heavy atom. The quantitative estimate of drug-likeness (QED) is 0.300. The van der Waals surface area contributed by atoms with Crippen LogP contribution in [0.2, 0.25) is 5.02 Å². The third-order valence-electron chi connectivity index (χ3n) is 5.79. The van der Waals surface area contributed by atoms with E-state index in [1.807, 2.05) is 31.2 Å². The van der Waals surface area contributed by atoms with Crippen LogP contribution in [0.1, 0.15) is 71.1 Å². The van der Waals surface area contributed by atoms with Crippen molar-refractivity contribution in [1.29, 1.82) is 0 Å². The number of hydrazone groups is 1. The molecule has 1 aromatic rings. The van der Waals surface area contributed by atoms with Gasteiger partial charge in [-0.25, -0.2) is 4.79 Å². The number of hydrogen-bond donors (Lipinski definition) is 1. The van der Waals surface area contributed by atoms with Crippen LogP contribution < -0.4 is 5.43 Å². The molecule has 0 bridgehead atoms. The van der Waals surface area contributed by atoms with Crippen LogP contribution in [0.25, 0.3) is 0 Å². The molecule has 6 heteroatoms. The van der Waals surface area contributed by atoms with Crippen LogP contribution in [0.4, 0.5) is 5.69 Å². The number of anilines is 1. The van der Waals surface area contributed by atoms with Gasteiger partial charge in [0.1, 0.15) is 0 Å². The van der Waals surface area contributed by atoms with Gasteiger partial charge in [0.25, 0.3) is 0 Å². The molecule has 2 saturated carbocycles. The highest BCUT2D eigenvalue weighted by Gasteiger charge is 2.35. The van der Waals surface area contributed by atoms with Gasteiger partial charge in [0.05, 0.1) is 17.3 Å². The number of hydrogen-bond acceptors (Lipinski definition) is 4. The number of halogens is 1. The summed E-state index contributed by atoms with van der Waals surface area (Å²) in [5, 5.41) is 5.14. The zero-order valence-electron chi connectivity index (χ0n) is 16.8. The molecule has 3 rings (SSSR count). The van der Waals surface area contributed by atoms with E-state index in [-0.39, 0.29) is 5.97 Å². The first-order chi connectivity index (χ1) is 13.7. The van der Waals surface area contributed by atoms with Crippen molar-refractivity contribution in [2.24, 2.45) is 5.10 Å². The fourth-order valence-corrected chi connectivity index (χ4v) is 4.61. The summed E-state index contributed by atoms with van der Waals surface area (Å²) in [6.07, 6.45) is 11.8. The third kappa shape index (κ3) is 5.40. The lowest BCUT2D eigenvalue weighted by Crippen LogP contribution is -2.52. The maximum Gasteiger partial charge on any atom is 0.376 e. The Hall–Kier alpha value is -1.75. The maximum atomic E-state index is 12.9. The second-order valence-corrected chi connectivity index (χ2v) is 8.15. The number of amidine groups is 1. The highest BCUT2D eigenvalue weighted by molar-refractivity contribution is 6.36. The van der Waals surface area contributed by atoms with Crippen LogP contribution >= 0.6 is 11.6 Å². The molecule has 0 aromatic heterocycles. The number of nitrogens with one attached hydrogen (secondary N) is 1. The lowest BCUT2D eigenvalue weighted by molar-refractivity contribution is -0.136. The van der Waals surface area contributed by atoms with Crippen molar-refractivity contribution < 1.29 is 9.53 Å². The molecule has 0 atom stereocenters. The van der Waals surface area contributed by atoms with Gasteiger partial charge in [0.15, 0.2) is 0 Å². The molecule has 5 nitrogen and oxygen atoms in total. The molecule has 2 aliphatic carbocycles. The summed E-state index contributed by atoms with van der Waals surface area (Å²) in [6, 6.07) is 8.15. The minimum absolute atomic E-state index is 0.340. The van der Waals surface area contributed by atoms with E-state index in [1.54, 1.807) is 0 Å². The molecule has 2 fully saturated rings. The Morgan fingerprint density at radius 2 is 1.64 bits per heavy atom. The highest BCUT2D eigenvalue weighted by Crippen LogP contribution is 2.31. The van der Waals surface area contributed by atoms with E-state index < -0.39 is 0 Å². The van der Waals surface area contributed by atoms with E-state index in [4.69, 9.17) is 16.3 Å². The fraction of sp³-hybridized carbons (Fsp3) is 0.636. The molecule has 0 spiro atoms. The van der Waals surface area contributed by atoms with Crippen LogP contribution in [-0.4, -0.2) is 35.4 Å². The summed E-state index contributed by atoms with van der Waals surface area (Å²) in [6.45, 7) is 2.18. The van der Waals surface area contributed by atoms with Gasteiger partial charge < -0.3 is 9.64 Å². The number of nitrogens with zero attached hydrogens (tertiary/aromatic N) is 2. The summed E-state index contributed by atoms with van der Waals surface area (Å²) >= 11 is 6.26. The minimum Gasteiger partial charge on any atom is -0.460 e. The van der Waals surface area contributed by atoms with E-state index in [2.05, 4.69) is 15.4 Å². The van der Waals surface area contributed by atoms with E-state index in [0.29, 0.717) is 35.2 Å². The zero-order chi connectivity index (χ0) is 19.8. The van der Waals surface area contributed by atoms with Gasteiger partial charge >= 0.3 is 5.97 Å². The average Bonchev–Trinajstić information content (AvgIpc) is 2.73. The van der Waals surface area contributed by atoms with Crippen molar-refractivity contribution in [2.75, 3.05) is 12.0 Å². The topological polar surface area (TPSA) is 53.9 Å². The molecule has 0 radical (unpaired) electrons. The van der Waals surface area contributed by atoms with Gasteiger partial charge in [-0.2, -0.15) is 0 Å². The summed E-state index contributed by atoms with van der Waals surface area (Å²) < 4.78 is 5.40. The summed E-state index contributed by atoms with van der Waals surface area (Å²) in [5.74, 6) is 0.0544. The molecular formula is C22H32ClN3O2. The fourth-order valence-electron chi connectivity index (χ4n) is 4.43. The number of ether oxygens (including phenoxy) is 1. The predicted molar refractivity (Wildman–Crippen MR) is 115 cm³/mol. The standard InChI is InChI=1S/C22H32ClN3O2/c1-2-28-22(27)21(25-24-20-16-10-9-15-19(20)23)26(17-11-5-3-6-12-17)18-13-7-4-8-14-18/h9-10,15-18,24H,2-8,11-14H2,1H3. The molecule has 2 aliphatic rings. The van der Waals surface area contributed by atoms with Crippen molar-refractivity contribution in [3.63, 3.8) is 0 Å². The summed E-state index contributed by atoms with van der Waals surface area (Å²) in [7, 11) is 0. The molecule has 1 N–H and O–H groups in total. The van der Waals surface area contributed by atoms with Crippen molar-refractivity contribution in [3.8, 4) is 0 Å². The molecule has 0 unspecified atom stereocenters. The van der Waals surface area contributed by atoms with Crippen molar-refractivity contribution >= 4 is 29.1 Å². The van der Waals surface area contributed by atoms with Crippen LogP contribution in [0.15, 0.2) is 29.4 Å². The third-order valence-corrected chi connectivity index (χ3v) is 6.12. The average molecular weight is 406 g/mol. The largest absolute Gasteiger partial charge is 0.460 e. The van der Waals surface area contributed by atoms with E-state index in [1.165, 1.54) is 38.5 Å².